The summed E-state index contributed by atoms with van der Waals surface area (Å²) in [5.74, 6) is -0.279. The Labute approximate surface area is 162 Å². The van der Waals surface area contributed by atoms with Gasteiger partial charge in [0.05, 0.1) is 12.7 Å². The Bertz CT molecular complexity index is 942. The molecule has 0 spiro atoms. The van der Waals surface area contributed by atoms with Crippen LogP contribution < -0.4 is 10.1 Å². The van der Waals surface area contributed by atoms with Gasteiger partial charge in [-0.2, -0.15) is 0 Å². The van der Waals surface area contributed by atoms with Gasteiger partial charge in [0.25, 0.3) is 0 Å². The highest BCUT2D eigenvalue weighted by molar-refractivity contribution is 5.96. The Kier molecular flexibility index (Phi) is 4.73. The molecule has 2 aromatic rings. The van der Waals surface area contributed by atoms with Gasteiger partial charge >= 0.3 is 5.97 Å². The van der Waals surface area contributed by atoms with Crippen LogP contribution in [0.1, 0.15) is 40.6 Å². The Morgan fingerprint density at radius 3 is 2.75 bits per heavy atom. The van der Waals surface area contributed by atoms with Gasteiger partial charge in [0, 0.05) is 24.1 Å². The van der Waals surface area contributed by atoms with Crippen LogP contribution in [-0.4, -0.2) is 35.8 Å². The molecule has 0 saturated carbocycles. The van der Waals surface area contributed by atoms with Crippen molar-refractivity contribution in [2.24, 2.45) is 0 Å². The van der Waals surface area contributed by atoms with Gasteiger partial charge < -0.3 is 14.8 Å². The van der Waals surface area contributed by atoms with Crippen molar-refractivity contribution < 1.29 is 23.9 Å². The van der Waals surface area contributed by atoms with Crippen molar-refractivity contribution in [3.8, 4) is 5.75 Å². The SMILES string of the molecule is COc1ccccc1CNC(=O)C1CCC(=O)N1C1OC(=O)c2ccccc21. The van der Waals surface area contributed by atoms with Gasteiger partial charge in [0.1, 0.15) is 11.8 Å². The molecule has 7 heteroatoms. The summed E-state index contributed by atoms with van der Waals surface area (Å²) in [4.78, 5) is 38.9. The third-order valence-electron chi connectivity index (χ3n) is 5.12. The number of rotatable bonds is 5. The number of methoxy groups -OCH3 is 1. The first-order valence-corrected chi connectivity index (χ1v) is 9.11. The number of ether oxygens (including phenoxy) is 2. The average molecular weight is 380 g/mol. The van der Waals surface area contributed by atoms with Crippen LogP contribution in [0.5, 0.6) is 5.75 Å². The van der Waals surface area contributed by atoms with E-state index < -0.39 is 18.2 Å². The number of para-hydroxylation sites is 1. The molecule has 7 nitrogen and oxygen atoms in total. The summed E-state index contributed by atoms with van der Waals surface area (Å²) < 4.78 is 10.7. The molecule has 0 aliphatic carbocycles. The third kappa shape index (κ3) is 3.09. The van der Waals surface area contributed by atoms with E-state index in [1.165, 1.54) is 4.90 Å². The van der Waals surface area contributed by atoms with Crippen molar-refractivity contribution in [3.63, 3.8) is 0 Å². The zero-order valence-electron chi connectivity index (χ0n) is 15.4. The first-order valence-electron chi connectivity index (χ1n) is 9.11. The van der Waals surface area contributed by atoms with Gasteiger partial charge in [-0.15, -0.1) is 0 Å². The van der Waals surface area contributed by atoms with Crippen LogP contribution in [0.3, 0.4) is 0 Å². The minimum atomic E-state index is -0.860. The van der Waals surface area contributed by atoms with E-state index in [0.29, 0.717) is 23.3 Å². The second-order valence-electron chi connectivity index (χ2n) is 6.73. The number of hydrogen-bond donors (Lipinski definition) is 1. The lowest BCUT2D eigenvalue weighted by molar-refractivity contribution is -0.145. The van der Waals surface area contributed by atoms with E-state index in [4.69, 9.17) is 9.47 Å². The first-order chi connectivity index (χ1) is 13.6. The number of amides is 2. The molecule has 2 aliphatic heterocycles. The van der Waals surface area contributed by atoms with Crippen LogP contribution in [0.25, 0.3) is 0 Å². The van der Waals surface area contributed by atoms with Crippen LogP contribution in [0, 0.1) is 0 Å². The molecule has 2 heterocycles. The first kappa shape index (κ1) is 18.0. The topological polar surface area (TPSA) is 84.9 Å². The van der Waals surface area contributed by atoms with Crippen LogP contribution in [-0.2, 0) is 20.9 Å². The standard InChI is InChI=1S/C21H20N2O5/c1-27-17-9-5-2-6-13(17)12-22-19(25)16-10-11-18(24)23(16)20-14-7-3-4-8-15(14)21(26)28-20/h2-9,16,20H,10-12H2,1H3,(H,22,25). The molecule has 2 unspecified atom stereocenters. The zero-order chi connectivity index (χ0) is 19.7. The molecule has 0 radical (unpaired) electrons. The molecular weight excluding hydrogens is 360 g/mol. The fourth-order valence-corrected chi connectivity index (χ4v) is 3.74. The van der Waals surface area contributed by atoms with E-state index >= 15 is 0 Å². The number of nitrogens with one attached hydrogen (secondary N) is 1. The zero-order valence-corrected chi connectivity index (χ0v) is 15.4. The third-order valence-corrected chi connectivity index (χ3v) is 5.12. The van der Waals surface area contributed by atoms with Crippen molar-refractivity contribution in [2.45, 2.75) is 31.7 Å². The Morgan fingerprint density at radius 2 is 1.93 bits per heavy atom. The monoisotopic (exact) mass is 380 g/mol. The minimum absolute atomic E-state index is 0.202. The number of hydrogen-bond acceptors (Lipinski definition) is 5. The smallest absolute Gasteiger partial charge is 0.340 e. The second kappa shape index (κ2) is 7.34. The molecule has 1 N–H and O–H groups in total. The van der Waals surface area contributed by atoms with E-state index in [9.17, 15) is 14.4 Å². The van der Waals surface area contributed by atoms with Crippen molar-refractivity contribution in [2.75, 3.05) is 7.11 Å². The quantitative estimate of drug-likeness (QED) is 0.804. The van der Waals surface area contributed by atoms with E-state index in [2.05, 4.69) is 5.32 Å². The van der Waals surface area contributed by atoms with Gasteiger partial charge in [-0.05, 0) is 18.6 Å². The summed E-state index contributed by atoms with van der Waals surface area (Å²) >= 11 is 0. The van der Waals surface area contributed by atoms with Gasteiger partial charge in [-0.3, -0.25) is 14.5 Å². The van der Waals surface area contributed by atoms with E-state index in [-0.39, 0.29) is 24.8 Å². The van der Waals surface area contributed by atoms with E-state index in [1.807, 2.05) is 24.3 Å². The number of likely N-dealkylation sites (tertiary alicyclic amines) is 1. The summed E-state index contributed by atoms with van der Waals surface area (Å²) in [6.45, 7) is 0.280. The maximum atomic E-state index is 12.8. The molecule has 4 rings (SSSR count). The molecule has 0 bridgehead atoms. The van der Waals surface area contributed by atoms with Gasteiger partial charge in [-0.25, -0.2) is 4.79 Å². The number of esters is 1. The molecule has 1 fully saturated rings. The summed E-state index contributed by atoms with van der Waals surface area (Å²) in [6.07, 6.45) is -0.240. The predicted molar refractivity (Wildman–Crippen MR) is 99.3 cm³/mol. The number of fused-ring (bicyclic) bond motifs is 1. The lowest BCUT2D eigenvalue weighted by Gasteiger charge is -2.29. The lowest BCUT2D eigenvalue weighted by atomic mass is 10.1. The predicted octanol–water partition coefficient (Wildman–Crippen LogP) is 2.17. The maximum absolute atomic E-state index is 12.8. The summed E-state index contributed by atoms with van der Waals surface area (Å²) in [7, 11) is 1.57. The highest BCUT2D eigenvalue weighted by Gasteiger charge is 2.46. The maximum Gasteiger partial charge on any atom is 0.340 e. The molecule has 144 valence electrons. The fourth-order valence-electron chi connectivity index (χ4n) is 3.74. The van der Waals surface area contributed by atoms with Crippen molar-refractivity contribution >= 4 is 17.8 Å². The van der Waals surface area contributed by atoms with Crippen LogP contribution in [0.2, 0.25) is 0 Å². The summed E-state index contributed by atoms with van der Waals surface area (Å²) in [6, 6.07) is 13.7. The van der Waals surface area contributed by atoms with Crippen molar-refractivity contribution in [1.29, 1.82) is 0 Å². The molecule has 0 aromatic heterocycles. The van der Waals surface area contributed by atoms with Crippen LogP contribution in [0.15, 0.2) is 48.5 Å². The molecule has 1 saturated heterocycles. The van der Waals surface area contributed by atoms with Crippen LogP contribution >= 0.6 is 0 Å². The van der Waals surface area contributed by atoms with Crippen molar-refractivity contribution in [3.05, 3.63) is 65.2 Å². The van der Waals surface area contributed by atoms with E-state index in [1.54, 1.807) is 31.4 Å². The number of carbonyl (C=O) groups is 3. The minimum Gasteiger partial charge on any atom is -0.496 e. The van der Waals surface area contributed by atoms with Gasteiger partial charge in [-0.1, -0.05) is 36.4 Å². The largest absolute Gasteiger partial charge is 0.496 e. The Balaban J connectivity index is 1.52. The molecule has 2 aliphatic rings. The highest BCUT2D eigenvalue weighted by Crippen LogP contribution is 2.38. The second-order valence-corrected chi connectivity index (χ2v) is 6.73. The number of benzene rings is 2. The fraction of sp³-hybridized carbons (Fsp3) is 0.286. The lowest BCUT2D eigenvalue weighted by Crippen LogP contribution is -2.46. The van der Waals surface area contributed by atoms with Crippen LogP contribution in [0.4, 0.5) is 0 Å². The molecule has 2 amide bonds. The Hall–Kier alpha value is -3.35. The van der Waals surface area contributed by atoms with E-state index in [0.717, 1.165) is 5.56 Å². The van der Waals surface area contributed by atoms with Gasteiger partial charge in [0.2, 0.25) is 18.0 Å². The molecular formula is C21H20N2O5. The normalized spacial score (nSPS) is 20.7. The summed E-state index contributed by atoms with van der Waals surface area (Å²) in [5.41, 5.74) is 1.89. The number of carbonyl (C=O) groups excluding carboxylic acids is 3. The molecule has 2 atom stereocenters. The van der Waals surface area contributed by atoms with Crippen molar-refractivity contribution in [1.82, 2.24) is 10.2 Å². The molecule has 28 heavy (non-hydrogen) atoms. The summed E-state index contributed by atoms with van der Waals surface area (Å²) in [5, 5.41) is 2.87. The number of nitrogens with zero attached hydrogens (tertiary/aromatic N) is 1. The Morgan fingerprint density at radius 1 is 1.18 bits per heavy atom. The average Bonchev–Trinajstić information content (AvgIpc) is 3.26. The molecule has 2 aromatic carbocycles. The van der Waals surface area contributed by atoms with Gasteiger partial charge in [0.15, 0.2) is 0 Å². The number of cyclic esters (lactones) is 1. The highest BCUT2D eigenvalue weighted by atomic mass is 16.6.